The van der Waals surface area contributed by atoms with E-state index in [0.29, 0.717) is 12.0 Å². The van der Waals surface area contributed by atoms with Crippen molar-refractivity contribution in [1.82, 2.24) is 0 Å². The van der Waals surface area contributed by atoms with E-state index in [-0.39, 0.29) is 5.97 Å². The predicted molar refractivity (Wildman–Crippen MR) is 38.8 cm³/mol. The van der Waals surface area contributed by atoms with Crippen LogP contribution in [0.5, 0.6) is 0 Å². The predicted octanol–water partition coefficient (Wildman–Crippen LogP) is 1.35. The fourth-order valence-electron chi connectivity index (χ4n) is 2.96. The van der Waals surface area contributed by atoms with Crippen LogP contribution in [0.25, 0.3) is 0 Å². The molecule has 4 aliphatic rings. The third-order valence-corrected chi connectivity index (χ3v) is 3.71. The number of hydrogen-bond donors (Lipinski definition) is 0. The van der Waals surface area contributed by atoms with Gasteiger partial charge in [0.15, 0.2) is 0 Å². The van der Waals surface area contributed by atoms with Crippen molar-refractivity contribution in [2.45, 2.75) is 31.8 Å². The lowest BCUT2D eigenvalue weighted by Gasteiger charge is -2.53. The van der Waals surface area contributed by atoms with Crippen molar-refractivity contribution >= 4 is 5.97 Å². The van der Waals surface area contributed by atoms with Gasteiger partial charge in [-0.05, 0) is 37.5 Å². The highest BCUT2D eigenvalue weighted by atomic mass is 16.5. The van der Waals surface area contributed by atoms with E-state index in [2.05, 4.69) is 0 Å². The number of rotatable bonds is 0. The van der Waals surface area contributed by atoms with E-state index in [1.807, 2.05) is 0 Å². The summed E-state index contributed by atoms with van der Waals surface area (Å²) >= 11 is 0. The third-order valence-electron chi connectivity index (χ3n) is 3.71. The lowest BCUT2D eigenvalue weighted by Crippen LogP contribution is -2.54. The minimum Gasteiger partial charge on any atom is -0.462 e. The Morgan fingerprint density at radius 3 is 2.36 bits per heavy atom. The smallest absolute Gasteiger partial charge is 0.309 e. The van der Waals surface area contributed by atoms with Crippen molar-refractivity contribution in [3.8, 4) is 0 Å². The molecule has 0 aromatic rings. The van der Waals surface area contributed by atoms with Crippen LogP contribution in [0.3, 0.4) is 0 Å². The number of carbonyl (C=O) groups excluding carboxylic acids is 1. The second-order valence-electron chi connectivity index (χ2n) is 4.06. The molecule has 2 saturated carbocycles. The molecule has 2 nitrogen and oxygen atoms in total. The van der Waals surface area contributed by atoms with Crippen LogP contribution in [-0.2, 0) is 9.53 Å². The summed E-state index contributed by atoms with van der Waals surface area (Å²) in [6.45, 7) is 0. The van der Waals surface area contributed by atoms with Gasteiger partial charge in [-0.3, -0.25) is 4.79 Å². The number of esters is 1. The zero-order valence-electron chi connectivity index (χ0n) is 6.45. The Bertz CT molecular complexity index is 210. The molecule has 2 aliphatic heterocycles. The largest absolute Gasteiger partial charge is 0.462 e. The Kier molecular flexibility index (Phi) is 0.984. The van der Waals surface area contributed by atoms with E-state index < -0.39 is 0 Å². The topological polar surface area (TPSA) is 26.3 Å². The Hall–Kier alpha value is -0.530. The number of hydrogen-bond acceptors (Lipinski definition) is 2. The minimum atomic E-state index is 0.0993. The first-order valence-corrected chi connectivity index (χ1v) is 4.57. The quantitative estimate of drug-likeness (QED) is 0.490. The minimum absolute atomic E-state index is 0.0993. The summed E-state index contributed by atoms with van der Waals surface area (Å²) in [5, 5.41) is 0. The van der Waals surface area contributed by atoms with Crippen LogP contribution in [0.1, 0.15) is 25.7 Å². The first-order valence-electron chi connectivity index (χ1n) is 4.57. The highest BCUT2D eigenvalue weighted by molar-refractivity contribution is 5.75. The molecule has 0 amide bonds. The molecule has 4 fully saturated rings. The molecule has 60 valence electrons. The number of fused-ring (bicyclic) bond motifs is 2. The van der Waals surface area contributed by atoms with Gasteiger partial charge in [0.05, 0.1) is 5.92 Å². The van der Waals surface area contributed by atoms with Gasteiger partial charge in [0.25, 0.3) is 0 Å². The third kappa shape index (κ3) is 0.608. The maximum atomic E-state index is 11.2. The van der Waals surface area contributed by atoms with Crippen molar-refractivity contribution in [1.29, 1.82) is 0 Å². The van der Waals surface area contributed by atoms with Crippen molar-refractivity contribution in [2.75, 3.05) is 0 Å². The van der Waals surface area contributed by atoms with E-state index in [0.717, 1.165) is 24.7 Å². The monoisotopic (exact) mass is 152 g/mol. The van der Waals surface area contributed by atoms with Crippen LogP contribution in [0, 0.1) is 17.8 Å². The van der Waals surface area contributed by atoms with Gasteiger partial charge < -0.3 is 4.74 Å². The summed E-state index contributed by atoms with van der Waals surface area (Å²) in [5.41, 5.74) is 0. The highest BCUT2D eigenvalue weighted by Gasteiger charge is 2.53. The standard InChI is InChI=1S/C9H12O2/c10-9-7-3-4-8(11-9)6-2-1-5(6)7/h5-8H,1-4H2/t5-,6+,7-,8+/m0/s1. The van der Waals surface area contributed by atoms with Crippen molar-refractivity contribution in [3.63, 3.8) is 0 Å². The van der Waals surface area contributed by atoms with Crippen molar-refractivity contribution in [3.05, 3.63) is 0 Å². The Morgan fingerprint density at radius 1 is 1.09 bits per heavy atom. The molecule has 2 saturated heterocycles. The molecule has 0 spiro atoms. The first kappa shape index (κ1) is 6.04. The summed E-state index contributed by atoms with van der Waals surface area (Å²) in [6, 6.07) is 0. The summed E-state index contributed by atoms with van der Waals surface area (Å²) in [4.78, 5) is 11.2. The molecule has 0 radical (unpaired) electrons. The van der Waals surface area contributed by atoms with Crippen LogP contribution in [0.2, 0.25) is 0 Å². The van der Waals surface area contributed by atoms with E-state index in [9.17, 15) is 4.79 Å². The Balaban J connectivity index is 1.94. The normalized spacial score (nSPS) is 52.9. The highest BCUT2D eigenvalue weighted by Crippen LogP contribution is 2.53. The van der Waals surface area contributed by atoms with Gasteiger partial charge >= 0.3 is 5.97 Å². The summed E-state index contributed by atoms with van der Waals surface area (Å²) in [6.07, 6.45) is 5.13. The van der Waals surface area contributed by atoms with E-state index >= 15 is 0 Å². The van der Waals surface area contributed by atoms with Crippen LogP contribution in [0.15, 0.2) is 0 Å². The fourth-order valence-corrected chi connectivity index (χ4v) is 2.96. The Labute approximate surface area is 65.9 Å². The summed E-state index contributed by atoms with van der Waals surface area (Å²) in [5.74, 6) is 1.86. The van der Waals surface area contributed by atoms with Gasteiger partial charge in [-0.1, -0.05) is 0 Å². The van der Waals surface area contributed by atoms with Crippen LogP contribution in [0.4, 0.5) is 0 Å². The number of ether oxygens (including phenoxy) is 1. The summed E-state index contributed by atoms with van der Waals surface area (Å²) in [7, 11) is 0. The fraction of sp³-hybridized carbons (Fsp3) is 0.889. The van der Waals surface area contributed by atoms with Crippen LogP contribution >= 0.6 is 0 Å². The second-order valence-corrected chi connectivity index (χ2v) is 4.06. The molecule has 0 unspecified atom stereocenters. The molecule has 0 N–H and O–H groups in total. The molecular formula is C9H12O2. The molecule has 2 bridgehead atoms. The van der Waals surface area contributed by atoms with Gasteiger partial charge in [0.1, 0.15) is 6.10 Å². The lowest BCUT2D eigenvalue weighted by molar-refractivity contribution is -0.197. The molecule has 4 rings (SSSR count). The van der Waals surface area contributed by atoms with Gasteiger partial charge in [0.2, 0.25) is 0 Å². The van der Waals surface area contributed by atoms with Gasteiger partial charge in [-0.25, -0.2) is 0 Å². The zero-order chi connectivity index (χ0) is 7.42. The average molecular weight is 152 g/mol. The lowest BCUT2D eigenvalue weighted by atomic mass is 9.57. The molecule has 0 aromatic heterocycles. The zero-order valence-corrected chi connectivity index (χ0v) is 6.45. The molecule has 4 atom stereocenters. The maximum absolute atomic E-state index is 11.2. The molecule has 11 heavy (non-hydrogen) atoms. The molecule has 2 heteroatoms. The van der Waals surface area contributed by atoms with Crippen molar-refractivity contribution < 1.29 is 9.53 Å². The maximum Gasteiger partial charge on any atom is 0.309 e. The van der Waals surface area contributed by atoms with Gasteiger partial charge in [0, 0.05) is 0 Å². The van der Waals surface area contributed by atoms with E-state index in [4.69, 9.17) is 4.74 Å². The van der Waals surface area contributed by atoms with E-state index in [1.165, 1.54) is 12.8 Å². The second kappa shape index (κ2) is 1.79. The SMILES string of the molecule is O=C1O[C@@H]2CC[C@H]1[C@H]1CC[C@H]12. The first-order chi connectivity index (χ1) is 5.36. The summed E-state index contributed by atoms with van der Waals surface area (Å²) < 4.78 is 5.28. The molecule has 2 aliphatic carbocycles. The van der Waals surface area contributed by atoms with Crippen molar-refractivity contribution in [2.24, 2.45) is 17.8 Å². The Morgan fingerprint density at radius 2 is 1.91 bits per heavy atom. The molecule has 0 aromatic carbocycles. The van der Waals surface area contributed by atoms with Crippen LogP contribution in [-0.4, -0.2) is 12.1 Å². The van der Waals surface area contributed by atoms with E-state index in [1.54, 1.807) is 0 Å². The molecular weight excluding hydrogens is 140 g/mol. The van der Waals surface area contributed by atoms with Crippen LogP contribution < -0.4 is 0 Å². The number of carbonyl (C=O) groups is 1. The molecule has 2 heterocycles. The van der Waals surface area contributed by atoms with Gasteiger partial charge in [-0.15, -0.1) is 0 Å². The van der Waals surface area contributed by atoms with Gasteiger partial charge in [-0.2, -0.15) is 0 Å². The average Bonchev–Trinajstić information content (AvgIpc) is 1.89.